The third-order valence-electron chi connectivity index (χ3n) is 5.01. The Hall–Kier alpha value is -4.14. The van der Waals surface area contributed by atoms with Gasteiger partial charge in [0.05, 0.1) is 11.0 Å². The van der Waals surface area contributed by atoms with Gasteiger partial charge >= 0.3 is 5.69 Å². The summed E-state index contributed by atoms with van der Waals surface area (Å²) >= 11 is 0. The van der Waals surface area contributed by atoms with Crippen molar-refractivity contribution >= 4 is 33.9 Å². The molecule has 0 fully saturated rings. The third-order valence-corrected chi connectivity index (χ3v) is 5.01. The predicted octanol–water partition coefficient (Wildman–Crippen LogP) is 2.90. The lowest BCUT2D eigenvalue weighted by Gasteiger charge is -2.03. The lowest BCUT2D eigenvalue weighted by atomic mass is 10.2. The van der Waals surface area contributed by atoms with Crippen LogP contribution in [0.2, 0.25) is 0 Å². The minimum absolute atomic E-state index is 0.114. The van der Waals surface area contributed by atoms with Crippen molar-refractivity contribution in [2.75, 3.05) is 5.32 Å². The van der Waals surface area contributed by atoms with Gasteiger partial charge in [0, 0.05) is 25.4 Å². The van der Waals surface area contributed by atoms with Crippen LogP contribution in [0.5, 0.6) is 0 Å². The van der Waals surface area contributed by atoms with Crippen molar-refractivity contribution in [3.05, 3.63) is 65.1 Å². The van der Waals surface area contributed by atoms with Crippen LogP contribution >= 0.6 is 0 Å². The van der Waals surface area contributed by atoms with Crippen molar-refractivity contribution in [3.63, 3.8) is 0 Å². The van der Waals surface area contributed by atoms with E-state index in [1.54, 1.807) is 16.2 Å². The van der Waals surface area contributed by atoms with Gasteiger partial charge in [-0.1, -0.05) is 30.3 Å². The molecule has 0 aliphatic rings. The highest BCUT2D eigenvalue weighted by atomic mass is 16.3. The molecule has 0 spiro atoms. The number of fused-ring (bicyclic) bond motifs is 2. The Morgan fingerprint density at radius 1 is 1.13 bits per heavy atom. The summed E-state index contributed by atoms with van der Waals surface area (Å²) in [5.41, 5.74) is 2.21. The molecule has 5 rings (SSSR count). The number of nitrogens with zero attached hydrogens (tertiary/aromatic N) is 4. The number of aromatic nitrogens is 5. The molecule has 2 aromatic carbocycles. The maximum Gasteiger partial charge on any atom is 0.328 e. The normalized spacial score (nSPS) is 11.4. The van der Waals surface area contributed by atoms with Gasteiger partial charge in [-0.3, -0.25) is 24.3 Å². The van der Waals surface area contributed by atoms with Gasteiger partial charge in [0.15, 0.2) is 11.6 Å². The molecule has 2 N–H and O–H groups in total. The SMILES string of the molecule is Cn1c(=O)n(CCC(=O)Nc2n[nH]c(-c3cc4ccccc4o3)n2)c2ccccc21. The second-order valence-electron chi connectivity index (χ2n) is 6.94. The van der Waals surface area contributed by atoms with Crippen molar-refractivity contribution < 1.29 is 9.21 Å². The van der Waals surface area contributed by atoms with Crippen LogP contribution in [0.15, 0.2) is 63.8 Å². The van der Waals surface area contributed by atoms with Crippen LogP contribution in [0, 0.1) is 0 Å². The van der Waals surface area contributed by atoms with Crippen LogP contribution in [0.1, 0.15) is 6.42 Å². The molecule has 3 heterocycles. The fraction of sp³-hybridized carbons (Fsp3) is 0.143. The molecule has 0 unspecified atom stereocenters. The van der Waals surface area contributed by atoms with Crippen LogP contribution in [-0.2, 0) is 18.4 Å². The monoisotopic (exact) mass is 402 g/mol. The fourth-order valence-corrected chi connectivity index (χ4v) is 3.51. The van der Waals surface area contributed by atoms with Gasteiger partial charge in [-0.2, -0.15) is 4.98 Å². The Labute approximate surface area is 170 Å². The van der Waals surface area contributed by atoms with Gasteiger partial charge < -0.3 is 4.42 Å². The summed E-state index contributed by atoms with van der Waals surface area (Å²) in [6.45, 7) is 0.257. The summed E-state index contributed by atoms with van der Waals surface area (Å²) in [5, 5.41) is 10.4. The molecular weight excluding hydrogens is 384 g/mol. The van der Waals surface area contributed by atoms with E-state index in [1.807, 2.05) is 54.6 Å². The lowest BCUT2D eigenvalue weighted by Crippen LogP contribution is -2.24. The number of carbonyl (C=O) groups is 1. The van der Waals surface area contributed by atoms with E-state index < -0.39 is 0 Å². The summed E-state index contributed by atoms with van der Waals surface area (Å²) in [5.74, 6) is 0.823. The Bertz CT molecular complexity index is 1410. The summed E-state index contributed by atoms with van der Waals surface area (Å²) in [6.07, 6.45) is 0.114. The first kappa shape index (κ1) is 17.9. The minimum atomic E-state index is -0.287. The van der Waals surface area contributed by atoms with Gasteiger partial charge in [-0.05, 0) is 24.3 Å². The zero-order valence-electron chi connectivity index (χ0n) is 16.1. The number of hydrogen-bond acceptors (Lipinski definition) is 5. The second-order valence-corrected chi connectivity index (χ2v) is 6.94. The maximum absolute atomic E-state index is 12.4. The molecule has 0 saturated heterocycles. The number of benzene rings is 2. The number of H-pyrrole nitrogens is 1. The fourth-order valence-electron chi connectivity index (χ4n) is 3.51. The topological polar surface area (TPSA) is 111 Å². The zero-order chi connectivity index (χ0) is 20.7. The molecule has 30 heavy (non-hydrogen) atoms. The highest BCUT2D eigenvalue weighted by Gasteiger charge is 2.14. The van der Waals surface area contributed by atoms with Crippen molar-refractivity contribution in [1.29, 1.82) is 0 Å². The van der Waals surface area contributed by atoms with Crippen molar-refractivity contribution in [3.8, 4) is 11.6 Å². The van der Waals surface area contributed by atoms with Crippen LogP contribution in [0.25, 0.3) is 33.6 Å². The number of rotatable bonds is 5. The number of nitrogens with one attached hydrogen (secondary N) is 2. The van der Waals surface area contributed by atoms with Gasteiger partial charge in [-0.25, -0.2) is 4.79 Å². The summed E-state index contributed by atoms with van der Waals surface area (Å²) < 4.78 is 8.91. The molecule has 0 radical (unpaired) electrons. The molecule has 0 aliphatic carbocycles. The molecule has 0 atom stereocenters. The molecule has 0 aliphatic heterocycles. The van der Waals surface area contributed by atoms with Crippen LogP contribution in [0.4, 0.5) is 5.95 Å². The molecule has 5 aromatic rings. The van der Waals surface area contributed by atoms with E-state index in [1.165, 1.54) is 0 Å². The quantitative estimate of drug-likeness (QED) is 0.470. The number of amides is 1. The first-order valence-electron chi connectivity index (χ1n) is 9.45. The van der Waals surface area contributed by atoms with Crippen LogP contribution < -0.4 is 11.0 Å². The molecule has 0 bridgehead atoms. The summed E-state index contributed by atoms with van der Waals surface area (Å²) in [6, 6.07) is 17.0. The first-order chi connectivity index (χ1) is 14.6. The van der Waals surface area contributed by atoms with Crippen LogP contribution in [-0.4, -0.2) is 30.2 Å². The Balaban J connectivity index is 1.29. The molecule has 9 nitrogen and oxygen atoms in total. The molecule has 9 heteroatoms. The smallest absolute Gasteiger partial charge is 0.328 e. The highest BCUT2D eigenvalue weighted by Crippen LogP contribution is 2.25. The van der Waals surface area contributed by atoms with Crippen molar-refractivity contribution in [1.82, 2.24) is 24.3 Å². The average Bonchev–Trinajstić information content (AvgIpc) is 3.45. The van der Waals surface area contributed by atoms with Crippen molar-refractivity contribution in [2.45, 2.75) is 13.0 Å². The second kappa shape index (κ2) is 7.03. The first-order valence-corrected chi connectivity index (χ1v) is 9.45. The largest absolute Gasteiger partial charge is 0.453 e. The zero-order valence-corrected chi connectivity index (χ0v) is 16.1. The third kappa shape index (κ3) is 3.06. The van der Waals surface area contributed by atoms with Crippen LogP contribution in [0.3, 0.4) is 0 Å². The standard InChI is InChI=1S/C21H18N6O3/c1-26-14-7-3-4-8-15(14)27(21(26)29)11-10-18(28)22-20-23-19(24-25-20)17-12-13-6-2-5-9-16(13)30-17/h2-9,12H,10-11H2,1H3,(H2,22,23,24,25,28). The number of aryl methyl sites for hydroxylation is 2. The Kier molecular flexibility index (Phi) is 4.20. The summed E-state index contributed by atoms with van der Waals surface area (Å²) in [7, 11) is 1.72. The number of aromatic amines is 1. The Morgan fingerprint density at radius 2 is 1.90 bits per heavy atom. The lowest BCUT2D eigenvalue weighted by molar-refractivity contribution is -0.116. The van der Waals surface area contributed by atoms with E-state index in [2.05, 4.69) is 20.5 Å². The summed E-state index contributed by atoms with van der Waals surface area (Å²) in [4.78, 5) is 29.1. The van der Waals surface area contributed by atoms with Crippen molar-refractivity contribution in [2.24, 2.45) is 7.05 Å². The van der Waals surface area contributed by atoms with E-state index in [-0.39, 0.29) is 30.5 Å². The van der Waals surface area contributed by atoms with E-state index >= 15 is 0 Å². The average molecular weight is 402 g/mol. The van der Waals surface area contributed by atoms with E-state index in [9.17, 15) is 9.59 Å². The number of furan rings is 1. The molecule has 0 saturated carbocycles. The number of para-hydroxylation sites is 3. The maximum atomic E-state index is 12.4. The van der Waals surface area contributed by atoms with Gasteiger partial charge in [0.1, 0.15) is 5.58 Å². The number of imidazole rings is 1. The molecule has 1 amide bonds. The number of carbonyl (C=O) groups excluding carboxylic acids is 1. The van der Waals surface area contributed by atoms with Gasteiger partial charge in [0.2, 0.25) is 11.9 Å². The Morgan fingerprint density at radius 3 is 2.73 bits per heavy atom. The highest BCUT2D eigenvalue weighted by molar-refractivity contribution is 5.89. The minimum Gasteiger partial charge on any atom is -0.453 e. The molecule has 150 valence electrons. The van der Waals surface area contributed by atoms with Gasteiger partial charge in [-0.15, -0.1) is 5.10 Å². The predicted molar refractivity (Wildman–Crippen MR) is 112 cm³/mol. The van der Waals surface area contributed by atoms with E-state index in [0.29, 0.717) is 11.6 Å². The number of hydrogen-bond donors (Lipinski definition) is 2. The molecule has 3 aromatic heterocycles. The van der Waals surface area contributed by atoms with Gasteiger partial charge in [0.25, 0.3) is 0 Å². The van der Waals surface area contributed by atoms with E-state index in [0.717, 1.165) is 22.0 Å². The number of anilines is 1. The molecular formula is C21H18N6O3. The van der Waals surface area contributed by atoms with E-state index in [4.69, 9.17) is 4.42 Å².